The normalized spacial score (nSPS) is 22.0. The zero-order chi connectivity index (χ0) is 26.4. The third kappa shape index (κ3) is 6.47. The van der Waals surface area contributed by atoms with Gasteiger partial charge in [-0.3, -0.25) is 0 Å². The number of nitrogens with zero attached hydrogens (tertiary/aromatic N) is 7. The Labute approximate surface area is 216 Å². The van der Waals surface area contributed by atoms with Gasteiger partial charge in [0.25, 0.3) is 0 Å². The summed E-state index contributed by atoms with van der Waals surface area (Å²) in [7, 11) is 0. The van der Waals surface area contributed by atoms with Gasteiger partial charge in [0.2, 0.25) is 11.9 Å². The van der Waals surface area contributed by atoms with Crippen LogP contribution in [0.3, 0.4) is 0 Å². The summed E-state index contributed by atoms with van der Waals surface area (Å²) in [6.45, 7) is 9.97. The first-order chi connectivity index (χ1) is 17.8. The predicted molar refractivity (Wildman–Crippen MR) is 142 cm³/mol. The molecule has 0 amide bonds. The van der Waals surface area contributed by atoms with Gasteiger partial charge in [-0.25, -0.2) is 4.99 Å². The van der Waals surface area contributed by atoms with Crippen molar-refractivity contribution in [1.82, 2.24) is 19.9 Å². The van der Waals surface area contributed by atoms with E-state index in [2.05, 4.69) is 53.8 Å². The van der Waals surface area contributed by atoms with Crippen molar-refractivity contribution >= 4 is 18.1 Å². The van der Waals surface area contributed by atoms with Gasteiger partial charge in [-0.1, -0.05) is 49.0 Å². The fourth-order valence-electron chi connectivity index (χ4n) is 4.48. The van der Waals surface area contributed by atoms with Crippen LogP contribution in [-0.4, -0.2) is 71.5 Å². The van der Waals surface area contributed by atoms with E-state index in [0.717, 1.165) is 25.6 Å². The second-order valence-corrected chi connectivity index (χ2v) is 9.06. The van der Waals surface area contributed by atoms with Gasteiger partial charge in [0.05, 0.1) is 11.8 Å². The van der Waals surface area contributed by atoms with Crippen molar-refractivity contribution in [2.45, 2.75) is 39.3 Å². The summed E-state index contributed by atoms with van der Waals surface area (Å²) >= 11 is 0. The van der Waals surface area contributed by atoms with E-state index in [9.17, 15) is 13.2 Å². The van der Waals surface area contributed by atoms with Crippen molar-refractivity contribution in [1.29, 1.82) is 0 Å². The fraction of sp³-hybridized carbons (Fsp3) is 0.481. The first kappa shape index (κ1) is 26.6. The molecule has 2 aliphatic heterocycles. The summed E-state index contributed by atoms with van der Waals surface area (Å²) in [6.07, 6.45) is 12.1. The molecule has 198 valence electrons. The number of halogens is 3. The minimum atomic E-state index is -4.34. The van der Waals surface area contributed by atoms with E-state index in [-0.39, 0.29) is 5.92 Å². The van der Waals surface area contributed by atoms with Crippen LogP contribution < -0.4 is 9.80 Å². The Balaban J connectivity index is 1.58. The second kappa shape index (κ2) is 11.7. The lowest BCUT2D eigenvalue weighted by atomic mass is 10.0. The van der Waals surface area contributed by atoms with Crippen LogP contribution in [0, 0.1) is 5.92 Å². The Morgan fingerprint density at radius 1 is 0.892 bits per heavy atom. The number of allylic oxidation sites excluding steroid dienone is 9. The lowest BCUT2D eigenvalue weighted by Crippen LogP contribution is -2.46. The number of rotatable bonds is 7. The molecule has 1 aliphatic carbocycles. The van der Waals surface area contributed by atoms with Crippen molar-refractivity contribution in [2.24, 2.45) is 10.9 Å². The van der Waals surface area contributed by atoms with Crippen LogP contribution in [0.5, 0.6) is 0 Å². The molecule has 10 heteroatoms. The van der Waals surface area contributed by atoms with Crippen molar-refractivity contribution in [3.8, 4) is 0 Å². The number of anilines is 2. The number of alkyl halides is 3. The summed E-state index contributed by atoms with van der Waals surface area (Å²) < 4.78 is 40.1. The standard InChI is InChI=1S/C27H34F3N7/c1-4-20-10-7-8-11-21(18-20)24-32-25(35(5-2)6-3)34-26(33-24)37-16-14-36(15-17-37)23-19-22(27(28,29)30)12-9-13-31-23/h7-13,18-19,21-22H,4-6,14-17H2,1-3H3. The number of aliphatic imine (C=N–C) groups is 1. The molecule has 0 spiro atoms. The fourth-order valence-corrected chi connectivity index (χ4v) is 4.48. The topological polar surface area (TPSA) is 60.8 Å². The quantitative estimate of drug-likeness (QED) is 0.509. The minimum absolute atomic E-state index is 0.0698. The molecule has 0 N–H and O–H groups in total. The predicted octanol–water partition coefficient (Wildman–Crippen LogP) is 5.05. The lowest BCUT2D eigenvalue weighted by Gasteiger charge is -2.36. The average Bonchev–Trinajstić information content (AvgIpc) is 3.31. The second-order valence-electron chi connectivity index (χ2n) is 9.06. The van der Waals surface area contributed by atoms with Gasteiger partial charge in [0.1, 0.15) is 11.6 Å². The summed E-state index contributed by atoms with van der Waals surface area (Å²) in [5, 5.41) is 0. The van der Waals surface area contributed by atoms with Gasteiger partial charge in [-0.15, -0.1) is 0 Å². The zero-order valence-corrected chi connectivity index (χ0v) is 21.6. The van der Waals surface area contributed by atoms with Crippen LogP contribution in [0.25, 0.3) is 0 Å². The van der Waals surface area contributed by atoms with E-state index in [4.69, 9.17) is 15.0 Å². The molecular formula is C27H34F3N7. The monoisotopic (exact) mass is 513 g/mol. The molecule has 0 saturated carbocycles. The molecule has 3 heterocycles. The van der Waals surface area contributed by atoms with Crippen molar-refractivity contribution in [3.63, 3.8) is 0 Å². The molecule has 3 aliphatic rings. The average molecular weight is 514 g/mol. The van der Waals surface area contributed by atoms with Crippen molar-refractivity contribution in [3.05, 3.63) is 65.8 Å². The maximum absolute atomic E-state index is 13.4. The molecule has 2 unspecified atom stereocenters. The molecule has 2 atom stereocenters. The molecule has 0 bridgehead atoms. The number of hydrogen-bond acceptors (Lipinski definition) is 7. The molecule has 7 nitrogen and oxygen atoms in total. The van der Waals surface area contributed by atoms with Gasteiger partial charge in [0, 0.05) is 45.5 Å². The summed E-state index contributed by atoms with van der Waals surface area (Å²) in [5.74, 6) is 0.556. The third-order valence-electron chi connectivity index (χ3n) is 6.72. The highest BCUT2D eigenvalue weighted by Crippen LogP contribution is 2.31. The summed E-state index contributed by atoms with van der Waals surface area (Å²) in [6, 6.07) is 0. The van der Waals surface area contributed by atoms with Crippen molar-refractivity contribution < 1.29 is 13.2 Å². The first-order valence-electron chi connectivity index (χ1n) is 12.9. The molecule has 1 aromatic heterocycles. The maximum atomic E-state index is 13.4. The first-order valence-corrected chi connectivity index (χ1v) is 12.9. The highest BCUT2D eigenvalue weighted by atomic mass is 19.4. The van der Waals surface area contributed by atoms with E-state index < -0.39 is 12.1 Å². The van der Waals surface area contributed by atoms with Crippen LogP contribution in [-0.2, 0) is 0 Å². The Hall–Kier alpha value is -3.43. The Kier molecular flexibility index (Phi) is 8.45. The molecule has 0 aromatic carbocycles. The Morgan fingerprint density at radius 3 is 2.30 bits per heavy atom. The molecule has 1 saturated heterocycles. The molecule has 0 radical (unpaired) electrons. The van der Waals surface area contributed by atoms with E-state index in [1.165, 1.54) is 23.9 Å². The highest BCUT2D eigenvalue weighted by molar-refractivity contribution is 5.72. The molecular weight excluding hydrogens is 479 g/mol. The summed E-state index contributed by atoms with van der Waals surface area (Å²) in [4.78, 5) is 24.8. The SMILES string of the molecule is CCC1=CC(c2nc(N(CC)CC)nc(N3CCN(C4=CC(C(F)(F)F)C=CC=N4)CC3)n2)C=CC=C1. The van der Waals surface area contributed by atoms with Gasteiger partial charge in [-0.05, 0) is 32.4 Å². The maximum Gasteiger partial charge on any atom is 0.398 e. The lowest BCUT2D eigenvalue weighted by molar-refractivity contribution is -0.149. The van der Waals surface area contributed by atoms with Crippen LogP contribution in [0.2, 0.25) is 0 Å². The van der Waals surface area contributed by atoms with E-state index >= 15 is 0 Å². The summed E-state index contributed by atoms with van der Waals surface area (Å²) in [5.41, 5.74) is 1.22. The van der Waals surface area contributed by atoms with Crippen molar-refractivity contribution in [2.75, 3.05) is 49.1 Å². The molecule has 1 fully saturated rings. The number of hydrogen-bond donors (Lipinski definition) is 0. The van der Waals surface area contributed by atoms with Crippen LogP contribution in [0.15, 0.2) is 65.0 Å². The van der Waals surface area contributed by atoms with E-state index in [1.54, 1.807) is 0 Å². The minimum Gasteiger partial charge on any atom is -0.353 e. The smallest absolute Gasteiger partial charge is 0.353 e. The van der Waals surface area contributed by atoms with Gasteiger partial charge in [-0.2, -0.15) is 28.1 Å². The van der Waals surface area contributed by atoms with Gasteiger partial charge in [0.15, 0.2) is 0 Å². The van der Waals surface area contributed by atoms with Crippen LogP contribution in [0.1, 0.15) is 38.9 Å². The van der Waals surface area contributed by atoms with Crippen LogP contribution in [0.4, 0.5) is 25.1 Å². The van der Waals surface area contributed by atoms with E-state index in [1.807, 2.05) is 17.1 Å². The Bertz CT molecular complexity index is 1120. The van der Waals surface area contributed by atoms with Crippen LogP contribution >= 0.6 is 0 Å². The molecule has 1 aromatic rings. The largest absolute Gasteiger partial charge is 0.398 e. The van der Waals surface area contributed by atoms with Gasteiger partial charge < -0.3 is 14.7 Å². The number of aromatic nitrogens is 3. The third-order valence-corrected chi connectivity index (χ3v) is 6.72. The molecule has 4 rings (SSSR count). The zero-order valence-electron chi connectivity index (χ0n) is 21.6. The highest BCUT2D eigenvalue weighted by Gasteiger charge is 2.37. The number of piperazine rings is 1. The Morgan fingerprint density at radius 2 is 1.62 bits per heavy atom. The van der Waals surface area contributed by atoms with Gasteiger partial charge >= 0.3 is 6.18 Å². The van der Waals surface area contributed by atoms with E-state index in [0.29, 0.717) is 49.7 Å². The molecule has 37 heavy (non-hydrogen) atoms.